The third kappa shape index (κ3) is 4.30. The van der Waals surface area contributed by atoms with E-state index in [-0.39, 0.29) is 12.0 Å². The predicted octanol–water partition coefficient (Wildman–Crippen LogP) is 1.82. The van der Waals surface area contributed by atoms with Gasteiger partial charge in [-0.1, -0.05) is 13.0 Å². The Morgan fingerprint density at radius 1 is 1.63 bits per heavy atom. The molecule has 5 heteroatoms. The van der Waals surface area contributed by atoms with Crippen LogP contribution in [-0.4, -0.2) is 54.6 Å². The second-order valence-corrected chi connectivity index (χ2v) is 5.94. The number of hydrogen-bond acceptors (Lipinski definition) is 4. The molecule has 1 amide bonds. The minimum Gasteiger partial charge on any atom is -0.375 e. The van der Waals surface area contributed by atoms with Gasteiger partial charge in [-0.15, -0.1) is 11.3 Å². The average Bonchev–Trinajstić information content (AvgIpc) is 2.90. The maximum atomic E-state index is 12.3. The molecule has 0 aromatic carbocycles. The van der Waals surface area contributed by atoms with Crippen LogP contribution in [0.15, 0.2) is 17.5 Å². The summed E-state index contributed by atoms with van der Waals surface area (Å²) in [6.07, 6.45) is 0.157. The van der Waals surface area contributed by atoms with Crippen molar-refractivity contribution in [2.45, 2.75) is 26.5 Å². The molecule has 1 fully saturated rings. The van der Waals surface area contributed by atoms with Crippen molar-refractivity contribution in [3.8, 4) is 0 Å². The molecule has 1 aliphatic heterocycles. The molecule has 0 N–H and O–H groups in total. The highest BCUT2D eigenvalue weighted by molar-refractivity contribution is 7.09. The van der Waals surface area contributed by atoms with E-state index in [0.29, 0.717) is 13.2 Å². The van der Waals surface area contributed by atoms with Crippen molar-refractivity contribution < 1.29 is 9.53 Å². The van der Waals surface area contributed by atoms with E-state index in [1.165, 1.54) is 4.88 Å². The summed E-state index contributed by atoms with van der Waals surface area (Å²) >= 11 is 1.74. The van der Waals surface area contributed by atoms with E-state index in [1.807, 2.05) is 11.8 Å². The van der Waals surface area contributed by atoms with Gasteiger partial charge in [0.05, 0.1) is 19.3 Å². The lowest BCUT2D eigenvalue weighted by atomic mass is 10.3. The van der Waals surface area contributed by atoms with Gasteiger partial charge >= 0.3 is 0 Å². The molecule has 0 unspecified atom stereocenters. The standard InChI is InChI=1S/C14H22N2O2S/c1-3-15(10-13-5-4-8-19-13)11-14(17)16-6-7-18-12(2)9-16/h4-5,8,12H,3,6-7,9-11H2,1-2H3/t12-/m0/s1. The first-order valence-electron chi connectivity index (χ1n) is 6.83. The van der Waals surface area contributed by atoms with Crippen LogP contribution in [0, 0.1) is 0 Å². The van der Waals surface area contributed by atoms with Crippen molar-refractivity contribution in [3.05, 3.63) is 22.4 Å². The lowest BCUT2D eigenvalue weighted by molar-refractivity contribution is -0.139. The number of nitrogens with zero attached hydrogens (tertiary/aromatic N) is 2. The van der Waals surface area contributed by atoms with E-state index in [2.05, 4.69) is 29.3 Å². The predicted molar refractivity (Wildman–Crippen MR) is 77.3 cm³/mol. The van der Waals surface area contributed by atoms with Crippen molar-refractivity contribution in [1.82, 2.24) is 9.80 Å². The summed E-state index contributed by atoms with van der Waals surface area (Å²) in [6.45, 7) is 8.47. The van der Waals surface area contributed by atoms with Gasteiger partial charge in [-0.25, -0.2) is 0 Å². The van der Waals surface area contributed by atoms with Crippen LogP contribution in [0.1, 0.15) is 18.7 Å². The highest BCUT2D eigenvalue weighted by atomic mass is 32.1. The molecule has 0 saturated carbocycles. The first kappa shape index (κ1) is 14.5. The van der Waals surface area contributed by atoms with E-state index in [9.17, 15) is 4.79 Å². The average molecular weight is 282 g/mol. The smallest absolute Gasteiger partial charge is 0.236 e. The number of ether oxygens (including phenoxy) is 1. The molecule has 0 aliphatic carbocycles. The number of thiophene rings is 1. The molecule has 106 valence electrons. The Morgan fingerprint density at radius 2 is 2.47 bits per heavy atom. The molecule has 1 aliphatic rings. The van der Waals surface area contributed by atoms with Crippen molar-refractivity contribution >= 4 is 17.2 Å². The lowest BCUT2D eigenvalue weighted by Crippen LogP contribution is -2.48. The monoisotopic (exact) mass is 282 g/mol. The summed E-state index contributed by atoms with van der Waals surface area (Å²) in [5, 5.41) is 2.08. The summed E-state index contributed by atoms with van der Waals surface area (Å²) in [5.74, 6) is 0.216. The Hall–Kier alpha value is -0.910. The molecule has 0 radical (unpaired) electrons. The van der Waals surface area contributed by atoms with Crippen molar-refractivity contribution in [1.29, 1.82) is 0 Å². The topological polar surface area (TPSA) is 32.8 Å². The zero-order chi connectivity index (χ0) is 13.7. The Balaban J connectivity index is 1.85. The number of carbonyl (C=O) groups excluding carboxylic acids is 1. The Labute approximate surface area is 119 Å². The van der Waals surface area contributed by atoms with Gasteiger partial charge in [-0.2, -0.15) is 0 Å². The third-order valence-electron chi connectivity index (χ3n) is 3.36. The van der Waals surface area contributed by atoms with E-state index >= 15 is 0 Å². The minimum atomic E-state index is 0.157. The lowest BCUT2D eigenvalue weighted by Gasteiger charge is -2.32. The molecule has 1 atom stereocenters. The van der Waals surface area contributed by atoms with Crippen LogP contribution in [0.5, 0.6) is 0 Å². The van der Waals surface area contributed by atoms with Gasteiger partial charge in [0.1, 0.15) is 0 Å². The number of morpholine rings is 1. The molecule has 0 spiro atoms. The van der Waals surface area contributed by atoms with Gasteiger partial charge in [-0.05, 0) is 24.9 Å². The quantitative estimate of drug-likeness (QED) is 0.826. The molecule has 2 rings (SSSR count). The van der Waals surface area contributed by atoms with Gasteiger partial charge in [0.2, 0.25) is 5.91 Å². The summed E-state index contributed by atoms with van der Waals surface area (Å²) in [5.41, 5.74) is 0. The number of carbonyl (C=O) groups is 1. The number of likely N-dealkylation sites (N-methyl/N-ethyl adjacent to an activating group) is 1. The molecule has 1 saturated heterocycles. The number of amides is 1. The van der Waals surface area contributed by atoms with Crippen LogP contribution in [0.4, 0.5) is 0 Å². The van der Waals surface area contributed by atoms with Gasteiger partial charge in [-0.3, -0.25) is 9.69 Å². The van der Waals surface area contributed by atoms with Crippen LogP contribution in [-0.2, 0) is 16.1 Å². The van der Waals surface area contributed by atoms with Gasteiger partial charge in [0.15, 0.2) is 0 Å². The SMILES string of the molecule is CCN(CC(=O)N1CCO[C@@H](C)C1)Cc1cccs1. The Morgan fingerprint density at radius 3 is 3.11 bits per heavy atom. The molecule has 2 heterocycles. The molecule has 1 aromatic heterocycles. The fourth-order valence-corrected chi connectivity index (χ4v) is 2.98. The highest BCUT2D eigenvalue weighted by Crippen LogP contribution is 2.12. The van der Waals surface area contributed by atoms with Crippen LogP contribution in [0.3, 0.4) is 0 Å². The van der Waals surface area contributed by atoms with Crippen LogP contribution in [0.2, 0.25) is 0 Å². The van der Waals surface area contributed by atoms with Crippen molar-refractivity contribution in [2.75, 3.05) is 32.8 Å². The van der Waals surface area contributed by atoms with E-state index in [0.717, 1.165) is 26.2 Å². The first-order valence-corrected chi connectivity index (χ1v) is 7.71. The van der Waals surface area contributed by atoms with Gasteiger partial charge < -0.3 is 9.64 Å². The highest BCUT2D eigenvalue weighted by Gasteiger charge is 2.22. The Kier molecular flexibility index (Phi) is 5.36. The molecule has 4 nitrogen and oxygen atoms in total. The van der Waals surface area contributed by atoms with Crippen LogP contribution in [0.25, 0.3) is 0 Å². The molecular formula is C14H22N2O2S. The van der Waals surface area contributed by atoms with E-state index < -0.39 is 0 Å². The van der Waals surface area contributed by atoms with E-state index in [4.69, 9.17) is 4.74 Å². The van der Waals surface area contributed by atoms with Crippen molar-refractivity contribution in [3.63, 3.8) is 0 Å². The largest absolute Gasteiger partial charge is 0.375 e. The van der Waals surface area contributed by atoms with E-state index in [1.54, 1.807) is 11.3 Å². The zero-order valence-electron chi connectivity index (χ0n) is 11.7. The summed E-state index contributed by atoms with van der Waals surface area (Å²) in [4.78, 5) is 17.7. The maximum absolute atomic E-state index is 12.3. The molecule has 0 bridgehead atoms. The maximum Gasteiger partial charge on any atom is 0.236 e. The molecular weight excluding hydrogens is 260 g/mol. The number of rotatable bonds is 5. The fraction of sp³-hybridized carbons (Fsp3) is 0.643. The molecule has 19 heavy (non-hydrogen) atoms. The first-order chi connectivity index (χ1) is 9.19. The minimum absolute atomic E-state index is 0.157. The normalized spacial score (nSPS) is 19.9. The second kappa shape index (κ2) is 7.03. The number of hydrogen-bond donors (Lipinski definition) is 0. The van der Waals surface area contributed by atoms with Gasteiger partial charge in [0.25, 0.3) is 0 Å². The van der Waals surface area contributed by atoms with Crippen LogP contribution >= 0.6 is 11.3 Å². The van der Waals surface area contributed by atoms with Gasteiger partial charge in [0, 0.05) is 24.5 Å². The summed E-state index contributed by atoms with van der Waals surface area (Å²) in [7, 11) is 0. The second-order valence-electron chi connectivity index (χ2n) is 4.90. The third-order valence-corrected chi connectivity index (χ3v) is 4.22. The van der Waals surface area contributed by atoms with Crippen LogP contribution < -0.4 is 0 Å². The fourth-order valence-electron chi connectivity index (χ4n) is 2.24. The summed E-state index contributed by atoms with van der Waals surface area (Å²) in [6, 6.07) is 4.17. The zero-order valence-corrected chi connectivity index (χ0v) is 12.5. The summed E-state index contributed by atoms with van der Waals surface area (Å²) < 4.78 is 5.47. The van der Waals surface area contributed by atoms with Crippen molar-refractivity contribution in [2.24, 2.45) is 0 Å². The molecule has 1 aromatic rings. The Bertz CT molecular complexity index is 394.